The van der Waals surface area contributed by atoms with Gasteiger partial charge in [0, 0.05) is 31.5 Å². The maximum absolute atomic E-state index is 11.1. The summed E-state index contributed by atoms with van der Waals surface area (Å²) in [6.45, 7) is 3.53. The smallest absolute Gasteiger partial charge is 0.216 e. The standard InChI is InChI=1S/C20H22ClN3O2/c1-15(25)22-12-11-20-23-18-5-2-3-6-19(18)24(20)13-4-14-26-17-9-7-16(21)8-10-17/h2-3,5-10H,4,11-14H2,1H3,(H,22,25). The van der Waals surface area contributed by atoms with E-state index in [2.05, 4.69) is 16.0 Å². The Kier molecular flexibility index (Phi) is 6.12. The van der Waals surface area contributed by atoms with E-state index in [1.165, 1.54) is 6.92 Å². The van der Waals surface area contributed by atoms with Gasteiger partial charge in [-0.25, -0.2) is 4.98 Å². The molecule has 0 saturated heterocycles. The van der Waals surface area contributed by atoms with E-state index >= 15 is 0 Å². The fourth-order valence-corrected chi connectivity index (χ4v) is 2.99. The average molecular weight is 372 g/mol. The SMILES string of the molecule is CC(=O)NCCc1nc2ccccc2n1CCCOc1ccc(Cl)cc1. The normalized spacial score (nSPS) is 10.8. The maximum atomic E-state index is 11.1. The Morgan fingerprint density at radius 2 is 1.96 bits per heavy atom. The van der Waals surface area contributed by atoms with Gasteiger partial charge in [-0.3, -0.25) is 4.79 Å². The Labute approximate surface area is 157 Å². The molecule has 0 aliphatic carbocycles. The summed E-state index contributed by atoms with van der Waals surface area (Å²) in [5.74, 6) is 1.77. The predicted molar refractivity (Wildman–Crippen MR) is 104 cm³/mol. The van der Waals surface area contributed by atoms with Crippen LogP contribution in [0.4, 0.5) is 0 Å². The lowest BCUT2D eigenvalue weighted by Crippen LogP contribution is -2.23. The van der Waals surface area contributed by atoms with Gasteiger partial charge in [-0.05, 0) is 42.8 Å². The van der Waals surface area contributed by atoms with Gasteiger partial charge in [0.2, 0.25) is 5.91 Å². The van der Waals surface area contributed by atoms with Crippen molar-refractivity contribution in [1.29, 1.82) is 0 Å². The molecule has 0 unspecified atom stereocenters. The molecule has 0 aliphatic heterocycles. The van der Waals surface area contributed by atoms with Gasteiger partial charge in [0.15, 0.2) is 0 Å². The summed E-state index contributed by atoms with van der Waals surface area (Å²) < 4.78 is 7.99. The van der Waals surface area contributed by atoms with E-state index in [0.29, 0.717) is 24.6 Å². The van der Waals surface area contributed by atoms with Gasteiger partial charge in [0.25, 0.3) is 0 Å². The van der Waals surface area contributed by atoms with Gasteiger partial charge in [-0.2, -0.15) is 0 Å². The Morgan fingerprint density at radius 3 is 2.73 bits per heavy atom. The van der Waals surface area contributed by atoms with Crippen molar-refractivity contribution in [3.63, 3.8) is 0 Å². The van der Waals surface area contributed by atoms with Gasteiger partial charge in [0.05, 0.1) is 17.6 Å². The second kappa shape index (κ2) is 8.72. The molecule has 0 aliphatic rings. The second-order valence-corrected chi connectivity index (χ2v) is 6.49. The molecule has 1 aromatic heterocycles. The van der Waals surface area contributed by atoms with Crippen LogP contribution in [0.15, 0.2) is 48.5 Å². The summed E-state index contributed by atoms with van der Waals surface area (Å²) in [6.07, 6.45) is 1.56. The molecular weight excluding hydrogens is 350 g/mol. The molecule has 0 bridgehead atoms. The minimum atomic E-state index is -0.0241. The lowest BCUT2D eigenvalue weighted by atomic mass is 10.3. The molecule has 0 spiro atoms. The zero-order valence-electron chi connectivity index (χ0n) is 14.7. The number of hydrogen-bond donors (Lipinski definition) is 1. The van der Waals surface area contributed by atoms with Crippen LogP contribution in [0.25, 0.3) is 11.0 Å². The van der Waals surface area contributed by atoms with Crippen LogP contribution >= 0.6 is 11.6 Å². The third-order valence-electron chi connectivity index (χ3n) is 4.06. The Bertz CT molecular complexity index is 874. The van der Waals surface area contributed by atoms with Crippen LogP contribution in [0, 0.1) is 0 Å². The topological polar surface area (TPSA) is 56.2 Å². The first-order valence-electron chi connectivity index (χ1n) is 8.70. The highest BCUT2D eigenvalue weighted by Gasteiger charge is 2.10. The molecule has 136 valence electrons. The zero-order chi connectivity index (χ0) is 18.4. The predicted octanol–water partition coefficient (Wildman–Crippen LogP) is 3.84. The quantitative estimate of drug-likeness (QED) is 0.612. The molecule has 1 heterocycles. The van der Waals surface area contributed by atoms with Crippen molar-refractivity contribution in [2.45, 2.75) is 26.3 Å². The van der Waals surface area contributed by atoms with Crippen molar-refractivity contribution in [2.24, 2.45) is 0 Å². The lowest BCUT2D eigenvalue weighted by Gasteiger charge is -2.11. The molecule has 6 heteroatoms. The molecule has 0 saturated carbocycles. The van der Waals surface area contributed by atoms with Crippen LogP contribution < -0.4 is 10.1 Å². The molecule has 3 rings (SSSR count). The van der Waals surface area contributed by atoms with Gasteiger partial charge in [0.1, 0.15) is 11.6 Å². The molecule has 0 fully saturated rings. The number of hydrogen-bond acceptors (Lipinski definition) is 3. The molecular formula is C20H22ClN3O2. The van der Waals surface area contributed by atoms with Crippen LogP contribution in [0.1, 0.15) is 19.2 Å². The van der Waals surface area contributed by atoms with Crippen molar-refractivity contribution in [1.82, 2.24) is 14.9 Å². The molecule has 1 amide bonds. The van der Waals surface area contributed by atoms with E-state index in [1.54, 1.807) is 0 Å². The van der Waals surface area contributed by atoms with Crippen LogP contribution in [-0.4, -0.2) is 28.6 Å². The van der Waals surface area contributed by atoms with Crippen LogP contribution in [-0.2, 0) is 17.8 Å². The number of nitrogens with zero attached hydrogens (tertiary/aromatic N) is 2. The summed E-state index contributed by atoms with van der Waals surface area (Å²) in [4.78, 5) is 15.8. The number of benzene rings is 2. The number of rotatable bonds is 8. The summed E-state index contributed by atoms with van der Waals surface area (Å²) in [5, 5.41) is 3.53. The van der Waals surface area contributed by atoms with Crippen molar-refractivity contribution in [3.05, 3.63) is 59.4 Å². The molecule has 0 radical (unpaired) electrons. The highest BCUT2D eigenvalue weighted by atomic mass is 35.5. The number of carbonyl (C=O) groups excluding carboxylic acids is 1. The van der Waals surface area contributed by atoms with Gasteiger partial charge in [-0.15, -0.1) is 0 Å². The largest absolute Gasteiger partial charge is 0.494 e. The van der Waals surface area contributed by atoms with Gasteiger partial charge in [-0.1, -0.05) is 23.7 Å². The number of fused-ring (bicyclic) bond motifs is 1. The fourth-order valence-electron chi connectivity index (χ4n) is 2.86. The van der Waals surface area contributed by atoms with E-state index in [0.717, 1.165) is 35.6 Å². The van der Waals surface area contributed by atoms with Crippen molar-refractivity contribution >= 4 is 28.5 Å². The number of carbonyl (C=O) groups is 1. The average Bonchev–Trinajstić information content (AvgIpc) is 2.97. The van der Waals surface area contributed by atoms with E-state index in [4.69, 9.17) is 21.3 Å². The number of para-hydroxylation sites is 2. The van der Waals surface area contributed by atoms with E-state index in [-0.39, 0.29) is 5.91 Å². The number of amides is 1. The van der Waals surface area contributed by atoms with Gasteiger partial charge < -0.3 is 14.6 Å². The minimum Gasteiger partial charge on any atom is -0.494 e. The molecule has 26 heavy (non-hydrogen) atoms. The third-order valence-corrected chi connectivity index (χ3v) is 4.32. The highest BCUT2D eigenvalue weighted by molar-refractivity contribution is 6.30. The summed E-state index contributed by atoms with van der Waals surface area (Å²) >= 11 is 5.88. The Hall–Kier alpha value is -2.53. The lowest BCUT2D eigenvalue weighted by molar-refractivity contribution is -0.118. The number of aromatic nitrogens is 2. The molecule has 2 aromatic carbocycles. The molecule has 3 aromatic rings. The first-order valence-corrected chi connectivity index (χ1v) is 9.08. The Balaban J connectivity index is 1.63. The zero-order valence-corrected chi connectivity index (χ0v) is 15.5. The number of halogens is 1. The summed E-state index contributed by atoms with van der Waals surface area (Å²) in [7, 11) is 0. The van der Waals surface area contributed by atoms with Crippen LogP contribution in [0.2, 0.25) is 5.02 Å². The van der Waals surface area contributed by atoms with Crippen molar-refractivity contribution in [3.8, 4) is 5.75 Å². The van der Waals surface area contributed by atoms with Crippen LogP contribution in [0.3, 0.4) is 0 Å². The maximum Gasteiger partial charge on any atom is 0.216 e. The first kappa shape index (κ1) is 18.3. The highest BCUT2D eigenvalue weighted by Crippen LogP contribution is 2.18. The minimum absolute atomic E-state index is 0.0241. The Morgan fingerprint density at radius 1 is 1.19 bits per heavy atom. The molecule has 5 nitrogen and oxygen atoms in total. The van der Waals surface area contributed by atoms with E-state index in [9.17, 15) is 4.79 Å². The van der Waals surface area contributed by atoms with Crippen LogP contribution in [0.5, 0.6) is 5.75 Å². The number of aryl methyl sites for hydroxylation is 1. The molecule has 1 N–H and O–H groups in total. The van der Waals surface area contributed by atoms with E-state index in [1.807, 2.05) is 42.5 Å². The van der Waals surface area contributed by atoms with Crippen molar-refractivity contribution < 1.29 is 9.53 Å². The summed E-state index contributed by atoms with van der Waals surface area (Å²) in [5.41, 5.74) is 2.08. The van der Waals surface area contributed by atoms with Gasteiger partial charge >= 0.3 is 0 Å². The van der Waals surface area contributed by atoms with Crippen molar-refractivity contribution in [2.75, 3.05) is 13.2 Å². The number of nitrogens with one attached hydrogen (secondary N) is 1. The number of imidazole rings is 1. The summed E-state index contributed by atoms with van der Waals surface area (Å²) in [6, 6.07) is 15.5. The van der Waals surface area contributed by atoms with E-state index < -0.39 is 0 Å². The molecule has 0 atom stereocenters. The monoisotopic (exact) mass is 371 g/mol. The third kappa shape index (κ3) is 4.76. The first-order chi connectivity index (χ1) is 12.6. The second-order valence-electron chi connectivity index (χ2n) is 6.06. The fraction of sp³-hybridized carbons (Fsp3) is 0.300. The number of ether oxygens (including phenoxy) is 1.